The molecule has 224 valence electrons. The first-order chi connectivity index (χ1) is 20.0. The molecule has 2 aromatic carbocycles. The molecule has 0 spiro atoms. The molecule has 5 rings (SSSR count). The number of nitrogens with zero attached hydrogens (tertiary/aromatic N) is 5. The maximum atomic E-state index is 13.4. The Bertz CT molecular complexity index is 1450. The molecule has 0 atom stereocenters. The topological polar surface area (TPSA) is 92.0 Å². The summed E-state index contributed by atoms with van der Waals surface area (Å²) >= 11 is 0. The number of amides is 1. The maximum Gasteiger partial charge on any atom is 0.423 e. The third-order valence-corrected chi connectivity index (χ3v) is 8.12. The van der Waals surface area contributed by atoms with Crippen molar-refractivity contribution in [3.8, 4) is 0 Å². The third-order valence-electron chi connectivity index (χ3n) is 8.12. The molecular weight excluding hydrogens is 558 g/mol. The number of nitro groups is 1. The lowest BCUT2D eigenvalue weighted by atomic mass is 9.91. The van der Waals surface area contributed by atoms with E-state index in [1.54, 1.807) is 22.9 Å². The van der Waals surface area contributed by atoms with Gasteiger partial charge in [-0.15, -0.1) is 0 Å². The Labute approximate surface area is 239 Å². The molecule has 1 aliphatic heterocycles. The second-order valence-electron chi connectivity index (χ2n) is 10.7. The lowest BCUT2D eigenvalue weighted by Crippen LogP contribution is -2.50. The molecule has 0 N–H and O–H groups in total. The number of halogens is 4. The Hall–Kier alpha value is -4.00. The first kappa shape index (κ1) is 29.5. The molecule has 0 radical (unpaired) electrons. The number of hydrogen-bond donors (Lipinski definition) is 0. The molecule has 2 aliphatic rings. The first-order valence-electron chi connectivity index (χ1n) is 13.8. The molecule has 13 heteroatoms. The predicted octanol–water partition coefficient (Wildman–Crippen LogP) is 5.41. The van der Waals surface area contributed by atoms with Gasteiger partial charge in [0.15, 0.2) is 0 Å². The highest BCUT2D eigenvalue weighted by molar-refractivity contribution is 5.80. The summed E-state index contributed by atoms with van der Waals surface area (Å²) in [5, 5.41) is 11.8. The van der Waals surface area contributed by atoms with Gasteiger partial charge in [0.2, 0.25) is 5.91 Å². The van der Waals surface area contributed by atoms with Crippen molar-refractivity contribution in [1.29, 1.82) is 0 Å². The van der Waals surface area contributed by atoms with Crippen LogP contribution >= 0.6 is 0 Å². The number of pyridine rings is 1. The van der Waals surface area contributed by atoms with E-state index in [1.165, 1.54) is 18.2 Å². The first-order valence-corrected chi connectivity index (χ1v) is 13.8. The highest BCUT2D eigenvalue weighted by atomic mass is 19.4. The van der Waals surface area contributed by atoms with Gasteiger partial charge in [-0.05, 0) is 68.1 Å². The van der Waals surface area contributed by atoms with Crippen molar-refractivity contribution in [3.63, 3.8) is 0 Å². The Morgan fingerprint density at radius 1 is 1.05 bits per heavy atom. The predicted molar refractivity (Wildman–Crippen MR) is 149 cm³/mol. The van der Waals surface area contributed by atoms with E-state index in [-0.39, 0.29) is 36.2 Å². The molecule has 42 heavy (non-hydrogen) atoms. The average Bonchev–Trinajstić information content (AvgIpc) is 2.98. The van der Waals surface area contributed by atoms with Crippen LogP contribution in [0.3, 0.4) is 0 Å². The van der Waals surface area contributed by atoms with Crippen molar-refractivity contribution < 1.29 is 32.0 Å². The number of aromatic nitrogens is 1. The van der Waals surface area contributed by atoms with Gasteiger partial charge in [-0.3, -0.25) is 14.9 Å². The van der Waals surface area contributed by atoms with Gasteiger partial charge in [0.25, 0.3) is 5.69 Å². The monoisotopic (exact) mass is 589 g/mol. The number of rotatable bonds is 7. The highest BCUT2D eigenvalue weighted by Crippen LogP contribution is 2.39. The van der Waals surface area contributed by atoms with E-state index in [2.05, 4.69) is 9.88 Å². The lowest BCUT2D eigenvalue weighted by Gasteiger charge is -2.37. The highest BCUT2D eigenvalue weighted by Gasteiger charge is 2.39. The minimum absolute atomic E-state index is 0.0394. The smallest absolute Gasteiger partial charge is 0.372 e. The Balaban J connectivity index is 1.08. The van der Waals surface area contributed by atoms with Crippen molar-refractivity contribution in [3.05, 3.63) is 70.0 Å². The standard InChI is InChI=1S/C29H31F4N5O4/c1-35(22-6-10-26(38(40)41)24(17-22)29(31,32)33)21-4-7-23(8-5-21)42-18-28(39)37-14-12-36(13-15-37)27-11-2-19-16-20(30)3-9-25(19)34-27/h2-3,6,9-11,16-17,21,23H,4-5,7-8,12-15,18H2,1H3/t21-,23-. The molecule has 0 unspecified atom stereocenters. The van der Waals surface area contributed by atoms with Crippen molar-refractivity contribution in [1.82, 2.24) is 9.88 Å². The maximum absolute atomic E-state index is 13.4. The molecule has 2 heterocycles. The molecule has 1 saturated carbocycles. The number of ether oxygens (including phenoxy) is 1. The van der Waals surface area contributed by atoms with Crippen LogP contribution in [0.1, 0.15) is 31.2 Å². The number of hydrogen-bond acceptors (Lipinski definition) is 7. The molecule has 1 saturated heterocycles. The normalized spacial score (nSPS) is 19.6. The van der Waals surface area contributed by atoms with Crippen LogP contribution in [0.25, 0.3) is 10.9 Å². The molecule has 9 nitrogen and oxygen atoms in total. The molecule has 1 aliphatic carbocycles. The average molecular weight is 590 g/mol. The van der Waals surface area contributed by atoms with Gasteiger partial charge < -0.3 is 19.4 Å². The molecular formula is C29H31F4N5O4. The quantitative estimate of drug-likeness (QED) is 0.207. The molecule has 2 fully saturated rings. The van der Waals surface area contributed by atoms with E-state index >= 15 is 0 Å². The number of carbonyl (C=O) groups excluding carboxylic acids is 1. The number of alkyl halides is 3. The number of anilines is 2. The third kappa shape index (κ3) is 6.56. The van der Waals surface area contributed by atoms with Crippen LogP contribution in [0.5, 0.6) is 0 Å². The summed E-state index contributed by atoms with van der Waals surface area (Å²) in [7, 11) is 1.68. The summed E-state index contributed by atoms with van der Waals surface area (Å²) in [6.45, 7) is 2.24. The van der Waals surface area contributed by atoms with Crippen LogP contribution in [0.4, 0.5) is 34.8 Å². The van der Waals surface area contributed by atoms with Crippen LogP contribution in [0, 0.1) is 15.9 Å². The van der Waals surface area contributed by atoms with E-state index in [0.717, 1.165) is 23.3 Å². The molecule has 1 aromatic heterocycles. The van der Waals surface area contributed by atoms with Crippen molar-refractivity contribution in [2.24, 2.45) is 0 Å². The van der Waals surface area contributed by atoms with Crippen LogP contribution < -0.4 is 9.80 Å². The Kier molecular flexibility index (Phi) is 8.48. The fourth-order valence-electron chi connectivity index (χ4n) is 5.67. The van der Waals surface area contributed by atoms with Crippen molar-refractivity contribution >= 4 is 34.0 Å². The van der Waals surface area contributed by atoms with Crippen LogP contribution in [-0.2, 0) is 15.7 Å². The van der Waals surface area contributed by atoms with Crippen LogP contribution in [0.15, 0.2) is 48.5 Å². The number of carbonyl (C=O) groups is 1. The van der Waals surface area contributed by atoms with Gasteiger partial charge in [-0.1, -0.05) is 0 Å². The minimum atomic E-state index is -4.83. The summed E-state index contributed by atoms with van der Waals surface area (Å²) in [4.78, 5) is 33.1. The second kappa shape index (κ2) is 12.1. The summed E-state index contributed by atoms with van der Waals surface area (Å²) in [6, 6.07) is 11.2. The number of piperazine rings is 1. The number of fused-ring (bicyclic) bond motifs is 1. The zero-order chi connectivity index (χ0) is 30.0. The van der Waals surface area contributed by atoms with E-state index < -0.39 is 22.4 Å². The molecule has 0 bridgehead atoms. The molecule has 1 amide bonds. The van der Waals surface area contributed by atoms with E-state index in [0.29, 0.717) is 57.4 Å². The van der Waals surface area contributed by atoms with Gasteiger partial charge in [0.1, 0.15) is 23.8 Å². The SMILES string of the molecule is CN(c1ccc([N+](=O)[O-])c(C(F)(F)F)c1)[C@H]1CC[C@H](OCC(=O)N2CCN(c3ccc4cc(F)ccc4n3)CC2)CC1. The zero-order valence-electron chi connectivity index (χ0n) is 23.0. The summed E-state index contributed by atoms with van der Waals surface area (Å²) in [5.74, 6) is 0.376. The van der Waals surface area contributed by atoms with Gasteiger partial charge in [0, 0.05) is 56.4 Å². The molecule has 3 aromatic rings. The number of benzene rings is 2. The summed E-state index contributed by atoms with van der Waals surface area (Å²) < 4.78 is 59.6. The van der Waals surface area contributed by atoms with Crippen molar-refractivity contribution in [2.75, 3.05) is 49.6 Å². The lowest BCUT2D eigenvalue weighted by molar-refractivity contribution is -0.388. The zero-order valence-corrected chi connectivity index (χ0v) is 23.0. The van der Waals surface area contributed by atoms with Gasteiger partial charge in [-0.25, -0.2) is 9.37 Å². The van der Waals surface area contributed by atoms with E-state index in [4.69, 9.17) is 4.74 Å². The van der Waals surface area contributed by atoms with Crippen LogP contribution in [-0.4, -0.2) is 72.7 Å². The second-order valence-corrected chi connectivity index (χ2v) is 10.7. The van der Waals surface area contributed by atoms with Crippen LogP contribution in [0.2, 0.25) is 0 Å². The fourth-order valence-corrected chi connectivity index (χ4v) is 5.67. The van der Waals surface area contributed by atoms with E-state index in [9.17, 15) is 32.5 Å². The summed E-state index contributed by atoms with van der Waals surface area (Å²) in [5.41, 5.74) is -1.26. The van der Waals surface area contributed by atoms with Gasteiger partial charge >= 0.3 is 6.18 Å². The Morgan fingerprint density at radius 2 is 1.76 bits per heavy atom. The van der Waals surface area contributed by atoms with Crippen molar-refractivity contribution in [2.45, 2.75) is 44.0 Å². The summed E-state index contributed by atoms with van der Waals surface area (Å²) in [6.07, 6.45) is -2.37. The minimum Gasteiger partial charge on any atom is -0.372 e. The largest absolute Gasteiger partial charge is 0.423 e. The van der Waals surface area contributed by atoms with E-state index in [1.807, 2.05) is 12.1 Å². The fraction of sp³-hybridized carbons (Fsp3) is 0.448. The van der Waals surface area contributed by atoms with Gasteiger partial charge in [0.05, 0.1) is 16.5 Å². The Morgan fingerprint density at radius 3 is 2.43 bits per heavy atom. The number of nitro benzene ring substituents is 1. The van der Waals surface area contributed by atoms with Gasteiger partial charge in [-0.2, -0.15) is 13.2 Å².